The van der Waals surface area contributed by atoms with Crippen LogP contribution in [0.5, 0.6) is 0 Å². The molecule has 1 aliphatic heterocycles. The van der Waals surface area contributed by atoms with E-state index in [9.17, 15) is 9.59 Å². The fourth-order valence-corrected chi connectivity index (χ4v) is 3.21. The largest absolute Gasteiger partial charge is 0.369 e. The number of pyridine rings is 1. The fraction of sp³-hybridized carbons (Fsp3) is 0.381. The van der Waals surface area contributed by atoms with Crippen molar-refractivity contribution in [1.82, 2.24) is 15.2 Å². The van der Waals surface area contributed by atoms with Crippen molar-refractivity contribution in [1.29, 1.82) is 0 Å². The van der Waals surface area contributed by atoms with Gasteiger partial charge < -0.3 is 20.4 Å². The lowest BCUT2D eigenvalue weighted by Crippen LogP contribution is -2.44. The smallest absolute Gasteiger partial charge is 0.270 e. The van der Waals surface area contributed by atoms with E-state index >= 15 is 0 Å². The highest BCUT2D eigenvalue weighted by molar-refractivity contribution is 6.05. The summed E-state index contributed by atoms with van der Waals surface area (Å²) in [6.45, 7) is 4.12. The molecule has 2 aliphatic rings. The molecular formula is C21H25N5O2. The van der Waals surface area contributed by atoms with Gasteiger partial charge >= 0.3 is 0 Å². The van der Waals surface area contributed by atoms with Crippen LogP contribution in [0.3, 0.4) is 0 Å². The second-order valence-electron chi connectivity index (χ2n) is 7.47. The number of nitrogens with zero attached hydrogens (tertiary/aromatic N) is 3. The Morgan fingerprint density at radius 1 is 1.00 bits per heavy atom. The molecule has 0 unspecified atom stereocenters. The van der Waals surface area contributed by atoms with Crippen LogP contribution < -0.4 is 15.5 Å². The summed E-state index contributed by atoms with van der Waals surface area (Å²) in [4.78, 5) is 33.4. The normalized spacial score (nSPS) is 17.2. The van der Waals surface area contributed by atoms with Crippen LogP contribution in [0.25, 0.3) is 0 Å². The van der Waals surface area contributed by atoms with E-state index < -0.39 is 0 Å². The van der Waals surface area contributed by atoms with Crippen molar-refractivity contribution in [2.75, 3.05) is 43.4 Å². The Labute approximate surface area is 164 Å². The Hall–Kier alpha value is -2.93. The lowest BCUT2D eigenvalue weighted by molar-refractivity contribution is 0.0946. The molecule has 2 aromatic rings. The molecule has 0 radical (unpaired) electrons. The first kappa shape index (κ1) is 18.4. The molecule has 0 bridgehead atoms. The van der Waals surface area contributed by atoms with Gasteiger partial charge in [-0.25, -0.2) is 0 Å². The van der Waals surface area contributed by atoms with Gasteiger partial charge in [0, 0.05) is 55.4 Å². The fourth-order valence-electron chi connectivity index (χ4n) is 3.21. The predicted molar refractivity (Wildman–Crippen MR) is 109 cm³/mol. The second-order valence-corrected chi connectivity index (χ2v) is 7.47. The number of aromatic nitrogens is 1. The molecular weight excluding hydrogens is 354 g/mol. The number of rotatable bonds is 5. The summed E-state index contributed by atoms with van der Waals surface area (Å²) in [5.74, 6) is -0.483. The first-order valence-corrected chi connectivity index (χ1v) is 9.70. The average Bonchev–Trinajstić information content (AvgIpc) is 3.53. The molecule has 1 aromatic carbocycles. The number of nitrogens with one attached hydrogen (secondary N) is 2. The maximum absolute atomic E-state index is 12.6. The minimum Gasteiger partial charge on any atom is -0.369 e. The third kappa shape index (κ3) is 4.48. The Balaban J connectivity index is 1.38. The lowest BCUT2D eigenvalue weighted by atomic mass is 10.2. The summed E-state index contributed by atoms with van der Waals surface area (Å²) in [6, 6.07) is 11.3. The number of carbonyl (C=O) groups is 2. The van der Waals surface area contributed by atoms with Gasteiger partial charge in [0.15, 0.2) is 0 Å². The van der Waals surface area contributed by atoms with Crippen LogP contribution in [0.1, 0.15) is 33.7 Å². The summed E-state index contributed by atoms with van der Waals surface area (Å²) < 4.78 is 0. The monoisotopic (exact) mass is 379 g/mol. The molecule has 0 atom stereocenters. The number of carbonyl (C=O) groups excluding carboxylic acids is 2. The maximum atomic E-state index is 12.6. The summed E-state index contributed by atoms with van der Waals surface area (Å²) in [7, 11) is 2.13. The van der Waals surface area contributed by atoms with E-state index in [0.29, 0.717) is 5.56 Å². The molecule has 28 heavy (non-hydrogen) atoms. The van der Waals surface area contributed by atoms with E-state index in [1.54, 1.807) is 6.07 Å². The van der Waals surface area contributed by atoms with Crippen LogP contribution in [0.4, 0.5) is 11.4 Å². The number of anilines is 2. The van der Waals surface area contributed by atoms with Gasteiger partial charge in [-0.05, 0) is 56.3 Å². The van der Waals surface area contributed by atoms with Crippen molar-refractivity contribution in [3.63, 3.8) is 0 Å². The van der Waals surface area contributed by atoms with E-state index in [1.807, 2.05) is 24.3 Å². The van der Waals surface area contributed by atoms with Crippen molar-refractivity contribution in [3.05, 3.63) is 53.9 Å². The van der Waals surface area contributed by atoms with Crippen LogP contribution in [0.2, 0.25) is 0 Å². The zero-order valence-corrected chi connectivity index (χ0v) is 16.0. The van der Waals surface area contributed by atoms with Crippen molar-refractivity contribution in [2.45, 2.75) is 18.9 Å². The molecule has 1 aliphatic carbocycles. The van der Waals surface area contributed by atoms with E-state index in [1.165, 1.54) is 12.3 Å². The van der Waals surface area contributed by atoms with E-state index in [-0.39, 0.29) is 23.6 Å². The molecule has 4 rings (SSSR count). The first-order valence-electron chi connectivity index (χ1n) is 9.70. The summed E-state index contributed by atoms with van der Waals surface area (Å²) in [5.41, 5.74) is 2.57. The number of benzene rings is 1. The van der Waals surface area contributed by atoms with Gasteiger partial charge in [0.1, 0.15) is 5.69 Å². The minimum atomic E-state index is -0.254. The summed E-state index contributed by atoms with van der Waals surface area (Å²) >= 11 is 0. The molecule has 0 spiro atoms. The molecule has 146 valence electrons. The Morgan fingerprint density at radius 2 is 1.71 bits per heavy atom. The molecule has 2 amide bonds. The van der Waals surface area contributed by atoms with Crippen LogP contribution in [0, 0.1) is 0 Å². The van der Waals surface area contributed by atoms with Crippen molar-refractivity contribution < 1.29 is 9.59 Å². The van der Waals surface area contributed by atoms with Gasteiger partial charge in [-0.2, -0.15) is 0 Å². The highest BCUT2D eigenvalue weighted by Gasteiger charge is 2.24. The van der Waals surface area contributed by atoms with E-state index in [4.69, 9.17) is 0 Å². The van der Waals surface area contributed by atoms with Crippen LogP contribution in [-0.4, -0.2) is 61.0 Å². The van der Waals surface area contributed by atoms with Gasteiger partial charge in [0.2, 0.25) is 0 Å². The molecule has 2 heterocycles. The van der Waals surface area contributed by atoms with Crippen molar-refractivity contribution >= 4 is 23.2 Å². The number of likely N-dealkylation sites (N-methyl/N-ethyl adjacent to an activating group) is 1. The van der Waals surface area contributed by atoms with Crippen molar-refractivity contribution in [3.8, 4) is 0 Å². The molecule has 7 nitrogen and oxygen atoms in total. The SMILES string of the molecule is CN1CCN(c2ccc(NC(=O)c3ccnc(C(=O)NC4CC4)c3)cc2)CC1. The molecule has 7 heteroatoms. The molecule has 1 aromatic heterocycles. The highest BCUT2D eigenvalue weighted by Crippen LogP contribution is 2.21. The standard InChI is InChI=1S/C21H25N5O2/c1-25-10-12-26(13-11-25)18-6-4-17(5-7-18)23-20(27)15-8-9-22-19(14-15)21(28)24-16-2-3-16/h4-9,14,16H,2-3,10-13H2,1H3,(H,23,27)(H,24,28). The quantitative estimate of drug-likeness (QED) is 0.831. The highest BCUT2D eigenvalue weighted by atomic mass is 16.2. The van der Waals surface area contributed by atoms with Gasteiger partial charge in [0.05, 0.1) is 0 Å². The summed E-state index contributed by atoms with van der Waals surface area (Å²) in [6.07, 6.45) is 3.51. The van der Waals surface area contributed by atoms with Gasteiger partial charge in [-0.15, -0.1) is 0 Å². The van der Waals surface area contributed by atoms with Crippen LogP contribution in [-0.2, 0) is 0 Å². The number of amides is 2. The summed E-state index contributed by atoms with van der Waals surface area (Å²) in [5, 5.41) is 5.77. The Kier molecular flexibility index (Phi) is 5.25. The molecule has 2 fully saturated rings. The van der Waals surface area contributed by atoms with E-state index in [2.05, 4.69) is 32.5 Å². The van der Waals surface area contributed by atoms with Gasteiger partial charge in [0.25, 0.3) is 11.8 Å². The average molecular weight is 379 g/mol. The molecule has 1 saturated carbocycles. The number of piperazine rings is 1. The minimum absolute atomic E-state index is 0.228. The van der Waals surface area contributed by atoms with Crippen LogP contribution in [0.15, 0.2) is 42.6 Å². The van der Waals surface area contributed by atoms with Crippen LogP contribution >= 0.6 is 0 Å². The second kappa shape index (κ2) is 7.98. The van der Waals surface area contributed by atoms with Gasteiger partial charge in [-0.3, -0.25) is 14.6 Å². The van der Waals surface area contributed by atoms with Gasteiger partial charge in [-0.1, -0.05) is 0 Å². The number of hydrogen-bond donors (Lipinski definition) is 2. The zero-order valence-electron chi connectivity index (χ0n) is 16.0. The van der Waals surface area contributed by atoms with E-state index in [0.717, 1.165) is 50.4 Å². The molecule has 1 saturated heterocycles. The number of hydrogen-bond acceptors (Lipinski definition) is 5. The zero-order chi connectivity index (χ0) is 19.5. The Morgan fingerprint density at radius 3 is 2.39 bits per heavy atom. The third-order valence-electron chi connectivity index (χ3n) is 5.16. The third-order valence-corrected chi connectivity index (χ3v) is 5.16. The first-order chi connectivity index (χ1) is 13.6. The predicted octanol–water partition coefficient (Wildman–Crippen LogP) is 1.98. The topological polar surface area (TPSA) is 77.6 Å². The lowest BCUT2D eigenvalue weighted by Gasteiger charge is -2.34. The van der Waals surface area contributed by atoms with Crippen molar-refractivity contribution in [2.24, 2.45) is 0 Å². The Bertz CT molecular complexity index is 855. The molecule has 2 N–H and O–H groups in total. The maximum Gasteiger partial charge on any atom is 0.270 e.